The first-order chi connectivity index (χ1) is 18.8. The molecule has 0 unspecified atom stereocenters. The second-order valence-corrected chi connectivity index (χ2v) is 9.39. The van der Waals surface area contributed by atoms with E-state index in [-0.39, 0.29) is 5.89 Å². The summed E-state index contributed by atoms with van der Waals surface area (Å²) in [6, 6.07) is 31.0. The Bertz CT molecular complexity index is 1770. The number of nitrogens with zero attached hydrogens (tertiary/aromatic N) is 6. The lowest BCUT2D eigenvalue weighted by atomic mass is 10.0. The molecule has 182 valence electrons. The highest BCUT2D eigenvalue weighted by Crippen LogP contribution is 2.40. The third-order valence-electron chi connectivity index (χ3n) is 6.20. The van der Waals surface area contributed by atoms with E-state index in [2.05, 4.69) is 74.3 Å². The Morgan fingerprint density at radius 3 is 1.89 bits per heavy atom. The Balaban J connectivity index is 1.34. The molecule has 0 aliphatic carbocycles. The first-order valence-electron chi connectivity index (χ1n) is 11.8. The van der Waals surface area contributed by atoms with Gasteiger partial charge in [-0.3, -0.25) is 0 Å². The lowest BCUT2D eigenvalue weighted by molar-refractivity contribution is 0.560. The zero-order chi connectivity index (χ0) is 25.3. The van der Waals surface area contributed by atoms with Gasteiger partial charge in [0.05, 0.1) is 16.9 Å². The van der Waals surface area contributed by atoms with Crippen LogP contribution in [0.4, 0.5) is 0 Å². The van der Waals surface area contributed by atoms with Crippen molar-refractivity contribution in [2.45, 2.75) is 0 Å². The maximum Gasteiger partial charge on any atom is 0.268 e. The first kappa shape index (κ1) is 22.1. The van der Waals surface area contributed by atoms with E-state index < -0.39 is 0 Å². The van der Waals surface area contributed by atoms with Crippen LogP contribution >= 0.6 is 11.3 Å². The molecule has 7 aromatic rings. The van der Waals surface area contributed by atoms with E-state index in [0.29, 0.717) is 17.1 Å². The number of rotatable bonds is 6. The van der Waals surface area contributed by atoms with Gasteiger partial charge in [-0.2, -0.15) is 5.10 Å². The Kier molecular flexibility index (Phi) is 5.45. The van der Waals surface area contributed by atoms with Crippen LogP contribution in [0, 0.1) is 0 Å². The molecule has 0 N–H and O–H groups in total. The van der Waals surface area contributed by atoms with Crippen molar-refractivity contribution in [1.29, 1.82) is 0 Å². The van der Waals surface area contributed by atoms with E-state index in [0.717, 1.165) is 28.1 Å². The lowest BCUT2D eigenvalue weighted by Crippen LogP contribution is -1.99. The SMILES string of the molecule is c1ccc(-c2c(-c3nnco3)c(-c3nnco3)nn2-c2ccc(-c3ccc(-c4cccs4)cc3)cc2)cc1. The van der Waals surface area contributed by atoms with E-state index in [4.69, 9.17) is 13.9 Å². The maximum absolute atomic E-state index is 5.62. The quantitative estimate of drug-likeness (QED) is 0.235. The second kappa shape index (κ2) is 9.38. The van der Waals surface area contributed by atoms with Gasteiger partial charge in [-0.05, 0) is 40.3 Å². The van der Waals surface area contributed by atoms with E-state index in [1.54, 1.807) is 11.3 Å². The molecule has 0 saturated carbocycles. The zero-order valence-corrected chi connectivity index (χ0v) is 20.6. The molecule has 0 fully saturated rings. The highest BCUT2D eigenvalue weighted by molar-refractivity contribution is 7.13. The molecule has 8 nitrogen and oxygen atoms in total. The smallest absolute Gasteiger partial charge is 0.268 e. The first-order valence-corrected chi connectivity index (χ1v) is 12.7. The van der Waals surface area contributed by atoms with Crippen LogP contribution in [-0.4, -0.2) is 30.2 Å². The molecule has 4 heterocycles. The largest absolute Gasteiger partial charge is 0.423 e. The van der Waals surface area contributed by atoms with Crippen LogP contribution < -0.4 is 0 Å². The standard InChI is InChI=1S/C29H18N6O2S/c1-2-5-22(6-3-1)27-25(28-32-30-17-36-28)26(29-33-31-18-37-29)34-35(27)23-14-12-20(13-15-23)19-8-10-21(11-9-19)24-7-4-16-38-24/h1-18H. The molecule has 38 heavy (non-hydrogen) atoms. The Morgan fingerprint density at radius 1 is 0.605 bits per heavy atom. The molecular weight excluding hydrogens is 496 g/mol. The Morgan fingerprint density at radius 2 is 1.26 bits per heavy atom. The van der Waals surface area contributed by atoms with Crippen LogP contribution in [0.15, 0.2) is 118 Å². The number of hydrogen-bond donors (Lipinski definition) is 0. The van der Waals surface area contributed by atoms with Gasteiger partial charge in [0.25, 0.3) is 11.8 Å². The molecule has 0 radical (unpaired) electrons. The Labute approximate surface area is 220 Å². The monoisotopic (exact) mass is 514 g/mol. The van der Waals surface area contributed by atoms with Gasteiger partial charge in [0.1, 0.15) is 0 Å². The van der Waals surface area contributed by atoms with Gasteiger partial charge in [0.15, 0.2) is 5.69 Å². The van der Waals surface area contributed by atoms with E-state index in [1.807, 2.05) is 47.1 Å². The van der Waals surface area contributed by atoms with Crippen LogP contribution in [0.1, 0.15) is 0 Å². The molecule has 0 aliphatic heterocycles. The molecule has 3 aromatic carbocycles. The van der Waals surface area contributed by atoms with Crippen LogP contribution in [0.5, 0.6) is 0 Å². The second-order valence-electron chi connectivity index (χ2n) is 8.44. The van der Waals surface area contributed by atoms with Crippen molar-refractivity contribution >= 4 is 11.3 Å². The molecule has 0 aliphatic rings. The van der Waals surface area contributed by atoms with Crippen LogP contribution in [0.3, 0.4) is 0 Å². The molecule has 4 aromatic heterocycles. The van der Waals surface area contributed by atoms with Gasteiger partial charge in [-0.1, -0.05) is 72.8 Å². The fourth-order valence-electron chi connectivity index (χ4n) is 4.44. The molecule has 0 amide bonds. The summed E-state index contributed by atoms with van der Waals surface area (Å²) in [6.45, 7) is 0. The van der Waals surface area contributed by atoms with Crippen molar-refractivity contribution < 1.29 is 8.83 Å². The minimum atomic E-state index is 0.261. The highest BCUT2D eigenvalue weighted by atomic mass is 32.1. The summed E-state index contributed by atoms with van der Waals surface area (Å²) >= 11 is 1.74. The van der Waals surface area contributed by atoms with E-state index >= 15 is 0 Å². The van der Waals surface area contributed by atoms with Crippen LogP contribution in [-0.2, 0) is 0 Å². The van der Waals surface area contributed by atoms with Crippen molar-refractivity contribution in [3.8, 4) is 61.6 Å². The third kappa shape index (κ3) is 3.91. The molecule has 0 atom stereocenters. The molecule has 7 rings (SSSR count). The summed E-state index contributed by atoms with van der Waals surface area (Å²) in [5, 5.41) is 23.0. The molecule has 0 bridgehead atoms. The molecular formula is C29H18N6O2S. The minimum Gasteiger partial charge on any atom is -0.423 e. The van der Waals surface area contributed by atoms with Gasteiger partial charge < -0.3 is 8.83 Å². The summed E-state index contributed by atoms with van der Waals surface area (Å²) in [5.41, 5.74) is 7.09. The number of thiophene rings is 1. The van der Waals surface area contributed by atoms with E-state index in [9.17, 15) is 0 Å². The van der Waals surface area contributed by atoms with Gasteiger partial charge in [0, 0.05) is 10.4 Å². The van der Waals surface area contributed by atoms with E-state index in [1.165, 1.54) is 23.2 Å². The van der Waals surface area contributed by atoms with Crippen molar-refractivity contribution in [2.75, 3.05) is 0 Å². The van der Waals surface area contributed by atoms with Crippen LogP contribution in [0.2, 0.25) is 0 Å². The summed E-state index contributed by atoms with van der Waals surface area (Å²) in [7, 11) is 0. The van der Waals surface area contributed by atoms with Crippen molar-refractivity contribution in [1.82, 2.24) is 30.2 Å². The Hall–Kier alpha value is -5.15. The average molecular weight is 515 g/mol. The van der Waals surface area contributed by atoms with Gasteiger partial charge in [-0.25, -0.2) is 4.68 Å². The summed E-state index contributed by atoms with van der Waals surface area (Å²) < 4.78 is 13.0. The highest BCUT2D eigenvalue weighted by Gasteiger charge is 2.28. The normalized spacial score (nSPS) is 11.2. The lowest BCUT2D eigenvalue weighted by Gasteiger charge is -2.10. The number of benzene rings is 3. The zero-order valence-electron chi connectivity index (χ0n) is 19.8. The summed E-state index contributed by atoms with van der Waals surface area (Å²) in [5.74, 6) is 0.572. The summed E-state index contributed by atoms with van der Waals surface area (Å²) in [4.78, 5) is 1.26. The fourth-order valence-corrected chi connectivity index (χ4v) is 5.18. The third-order valence-corrected chi connectivity index (χ3v) is 7.12. The van der Waals surface area contributed by atoms with Gasteiger partial charge in [0.2, 0.25) is 12.8 Å². The number of aromatic nitrogens is 6. The van der Waals surface area contributed by atoms with Gasteiger partial charge in [-0.15, -0.1) is 31.7 Å². The van der Waals surface area contributed by atoms with Gasteiger partial charge >= 0.3 is 0 Å². The molecule has 0 spiro atoms. The topological polar surface area (TPSA) is 95.7 Å². The minimum absolute atomic E-state index is 0.261. The van der Waals surface area contributed by atoms with Crippen molar-refractivity contribution in [3.05, 3.63) is 109 Å². The van der Waals surface area contributed by atoms with Crippen molar-refractivity contribution in [2.24, 2.45) is 0 Å². The predicted octanol–water partition coefficient (Wildman–Crippen LogP) is 7.03. The molecule has 0 saturated heterocycles. The fraction of sp³-hybridized carbons (Fsp3) is 0. The molecule has 9 heteroatoms. The van der Waals surface area contributed by atoms with Crippen molar-refractivity contribution in [3.63, 3.8) is 0 Å². The summed E-state index contributed by atoms with van der Waals surface area (Å²) in [6.07, 6.45) is 2.56. The average Bonchev–Trinajstić information content (AvgIpc) is 3.80. The number of hydrogen-bond acceptors (Lipinski definition) is 8. The van der Waals surface area contributed by atoms with Crippen LogP contribution in [0.25, 0.3) is 61.6 Å². The predicted molar refractivity (Wildman–Crippen MR) is 144 cm³/mol. The maximum atomic E-state index is 5.62.